The van der Waals surface area contributed by atoms with Crippen LogP contribution in [0.1, 0.15) is 34.7 Å². The fraction of sp³-hybridized carbons (Fsp3) is 0.188. The summed E-state index contributed by atoms with van der Waals surface area (Å²) >= 11 is 0. The fourth-order valence-electron chi connectivity index (χ4n) is 5.22. The Hall–Kier alpha value is -5.20. The second-order valence-electron chi connectivity index (χ2n) is 10.1. The number of carboxylic acids is 1. The Morgan fingerprint density at radius 1 is 0.976 bits per heavy atom. The minimum atomic E-state index is -1.06. The number of aromatic nitrogens is 4. The Labute approximate surface area is 237 Å². The molecule has 0 aliphatic carbocycles. The number of fused-ring (bicyclic) bond motifs is 1. The standard InChI is InChI=1S/C32H27N7O2/c33-18-30-34-13-10-29(38-30)36-25-11-14-39(15-12-25)20-21-6-8-23(9-7-21)31-26(22-4-2-1-3-5-22)16-24-17-27(32(40)41)35-19-28(24)37-31/h1-10,13,16-17,19,25H,11-12,14-15,20H2,(H,40,41)(H,34,36,38). The number of pyridine rings is 2. The Kier molecular flexibility index (Phi) is 7.30. The van der Waals surface area contributed by atoms with Crippen molar-refractivity contribution in [2.24, 2.45) is 0 Å². The van der Waals surface area contributed by atoms with Gasteiger partial charge in [-0.1, -0.05) is 54.6 Å². The normalized spacial score (nSPS) is 14.0. The fourth-order valence-corrected chi connectivity index (χ4v) is 5.22. The lowest BCUT2D eigenvalue weighted by Crippen LogP contribution is -2.38. The molecule has 1 saturated heterocycles. The minimum absolute atomic E-state index is 0.00241. The lowest BCUT2D eigenvalue weighted by molar-refractivity contribution is 0.0690. The lowest BCUT2D eigenvalue weighted by Gasteiger charge is -2.32. The zero-order chi connectivity index (χ0) is 28.2. The summed E-state index contributed by atoms with van der Waals surface area (Å²) in [5.41, 5.74) is 5.64. The number of likely N-dealkylation sites (tertiary alicyclic amines) is 1. The molecule has 0 amide bonds. The summed E-state index contributed by atoms with van der Waals surface area (Å²) < 4.78 is 0. The maximum atomic E-state index is 11.5. The molecule has 0 spiro atoms. The van der Waals surface area contributed by atoms with Crippen molar-refractivity contribution < 1.29 is 9.90 Å². The lowest BCUT2D eigenvalue weighted by atomic mass is 9.97. The van der Waals surface area contributed by atoms with Crippen molar-refractivity contribution >= 4 is 22.7 Å². The summed E-state index contributed by atoms with van der Waals surface area (Å²) in [6.45, 7) is 2.79. The zero-order valence-corrected chi connectivity index (χ0v) is 22.2. The summed E-state index contributed by atoms with van der Waals surface area (Å²) in [6, 6.07) is 26.2. The molecule has 2 aromatic carbocycles. The van der Waals surface area contributed by atoms with Crippen molar-refractivity contribution in [1.82, 2.24) is 24.8 Å². The zero-order valence-electron chi connectivity index (χ0n) is 22.2. The first-order chi connectivity index (χ1) is 20.1. The molecule has 1 aliphatic rings. The molecule has 4 heterocycles. The van der Waals surface area contributed by atoms with Crippen molar-refractivity contribution in [2.45, 2.75) is 25.4 Å². The van der Waals surface area contributed by atoms with E-state index in [-0.39, 0.29) is 11.5 Å². The second kappa shape index (κ2) is 11.5. The van der Waals surface area contributed by atoms with Gasteiger partial charge >= 0.3 is 5.97 Å². The van der Waals surface area contributed by atoms with Crippen molar-refractivity contribution in [3.8, 4) is 28.5 Å². The highest BCUT2D eigenvalue weighted by Crippen LogP contribution is 2.33. The smallest absolute Gasteiger partial charge is 0.354 e. The minimum Gasteiger partial charge on any atom is -0.477 e. The number of hydrogen-bond acceptors (Lipinski definition) is 8. The van der Waals surface area contributed by atoms with E-state index in [2.05, 4.69) is 49.4 Å². The van der Waals surface area contributed by atoms with Gasteiger partial charge in [-0.05, 0) is 42.2 Å². The van der Waals surface area contributed by atoms with Crippen molar-refractivity contribution in [2.75, 3.05) is 18.4 Å². The second-order valence-corrected chi connectivity index (χ2v) is 10.1. The largest absolute Gasteiger partial charge is 0.477 e. The van der Waals surface area contributed by atoms with Gasteiger partial charge in [0.05, 0.1) is 17.4 Å². The van der Waals surface area contributed by atoms with E-state index in [1.54, 1.807) is 18.3 Å². The molecular formula is C32H27N7O2. The summed E-state index contributed by atoms with van der Waals surface area (Å²) in [5.74, 6) is -0.191. The Morgan fingerprint density at radius 2 is 1.76 bits per heavy atom. The van der Waals surface area contributed by atoms with Crippen molar-refractivity contribution in [1.29, 1.82) is 5.26 Å². The molecule has 6 rings (SSSR count). The molecule has 9 nitrogen and oxygen atoms in total. The molecule has 0 bridgehead atoms. The summed E-state index contributed by atoms with van der Waals surface area (Å²) in [7, 11) is 0. The first kappa shape index (κ1) is 26.0. The van der Waals surface area contributed by atoms with E-state index < -0.39 is 5.97 Å². The highest BCUT2D eigenvalue weighted by molar-refractivity contribution is 5.95. The summed E-state index contributed by atoms with van der Waals surface area (Å²) in [6.07, 6.45) is 5.11. The first-order valence-electron chi connectivity index (χ1n) is 13.5. The third-order valence-corrected chi connectivity index (χ3v) is 7.33. The van der Waals surface area contributed by atoms with Crippen LogP contribution in [-0.4, -0.2) is 55.0 Å². The number of hydrogen-bond donors (Lipinski definition) is 2. The number of aromatic carboxylic acids is 1. The van der Waals surface area contributed by atoms with Gasteiger partial charge in [0.1, 0.15) is 17.6 Å². The molecule has 0 atom stereocenters. The Morgan fingerprint density at radius 3 is 2.49 bits per heavy atom. The van der Waals surface area contributed by atoms with E-state index in [1.807, 2.05) is 42.5 Å². The van der Waals surface area contributed by atoms with Crippen molar-refractivity contribution in [3.05, 3.63) is 102 Å². The average molecular weight is 542 g/mol. The number of nitrogens with one attached hydrogen (secondary N) is 1. The van der Waals surface area contributed by atoms with Crippen LogP contribution in [0, 0.1) is 11.3 Å². The highest BCUT2D eigenvalue weighted by Gasteiger charge is 2.20. The molecule has 0 saturated carbocycles. The van der Waals surface area contributed by atoms with E-state index >= 15 is 0 Å². The number of piperidine rings is 1. The third-order valence-electron chi connectivity index (χ3n) is 7.33. The quantitative estimate of drug-likeness (QED) is 0.278. The first-order valence-corrected chi connectivity index (χ1v) is 13.5. The molecule has 1 aliphatic heterocycles. The van der Waals surface area contributed by atoms with Crippen LogP contribution in [0.3, 0.4) is 0 Å². The van der Waals surface area contributed by atoms with Crippen LogP contribution in [0.2, 0.25) is 0 Å². The number of anilines is 1. The number of carbonyl (C=O) groups is 1. The van der Waals surface area contributed by atoms with Gasteiger partial charge in [0, 0.05) is 48.4 Å². The molecule has 202 valence electrons. The number of benzene rings is 2. The molecule has 0 unspecified atom stereocenters. The van der Waals surface area contributed by atoms with E-state index in [1.165, 1.54) is 11.8 Å². The van der Waals surface area contributed by atoms with Crippen LogP contribution in [0.15, 0.2) is 85.2 Å². The van der Waals surface area contributed by atoms with Gasteiger partial charge in [-0.3, -0.25) is 4.90 Å². The Balaban J connectivity index is 1.18. The number of nitrogens with zero attached hydrogens (tertiary/aromatic N) is 6. The number of nitriles is 1. The van der Waals surface area contributed by atoms with Crippen LogP contribution >= 0.6 is 0 Å². The van der Waals surface area contributed by atoms with Gasteiger partial charge in [-0.15, -0.1) is 0 Å². The molecule has 9 heteroatoms. The SMILES string of the molecule is N#Cc1nccc(NC2CCN(Cc3ccc(-c4nc5cnc(C(=O)O)cc5cc4-c4ccccc4)cc3)CC2)n1. The van der Waals surface area contributed by atoms with Crippen LogP contribution in [0.4, 0.5) is 5.82 Å². The monoisotopic (exact) mass is 541 g/mol. The molecule has 3 aromatic heterocycles. The van der Waals surface area contributed by atoms with Gasteiger partial charge in [0.25, 0.3) is 0 Å². The van der Waals surface area contributed by atoms with Gasteiger partial charge < -0.3 is 10.4 Å². The third kappa shape index (κ3) is 5.88. The van der Waals surface area contributed by atoms with Crippen molar-refractivity contribution in [3.63, 3.8) is 0 Å². The van der Waals surface area contributed by atoms with Crippen LogP contribution < -0.4 is 5.32 Å². The van der Waals surface area contributed by atoms with E-state index in [0.717, 1.165) is 60.2 Å². The topological polar surface area (TPSA) is 128 Å². The number of carboxylic acid groups (broad SMARTS) is 1. The average Bonchev–Trinajstić information content (AvgIpc) is 3.02. The Bertz CT molecular complexity index is 1740. The van der Waals surface area contributed by atoms with E-state index in [0.29, 0.717) is 17.4 Å². The molecule has 2 N–H and O–H groups in total. The number of rotatable bonds is 7. The van der Waals surface area contributed by atoms with Gasteiger partial charge in [0.2, 0.25) is 5.82 Å². The van der Waals surface area contributed by atoms with Crippen LogP contribution in [0.5, 0.6) is 0 Å². The maximum Gasteiger partial charge on any atom is 0.354 e. The molecule has 5 aromatic rings. The van der Waals surface area contributed by atoms with Gasteiger partial charge in [-0.25, -0.2) is 24.7 Å². The summed E-state index contributed by atoms with van der Waals surface area (Å²) in [5, 5.41) is 22.6. The predicted molar refractivity (Wildman–Crippen MR) is 156 cm³/mol. The molecule has 0 radical (unpaired) electrons. The molecular weight excluding hydrogens is 514 g/mol. The summed E-state index contributed by atoms with van der Waals surface area (Å²) in [4.78, 5) is 31.1. The van der Waals surface area contributed by atoms with Gasteiger partial charge in [-0.2, -0.15) is 5.26 Å². The van der Waals surface area contributed by atoms with E-state index in [4.69, 9.17) is 10.2 Å². The van der Waals surface area contributed by atoms with Crippen LogP contribution in [0.25, 0.3) is 33.3 Å². The maximum absolute atomic E-state index is 11.5. The molecule has 41 heavy (non-hydrogen) atoms. The van der Waals surface area contributed by atoms with Crippen LogP contribution in [-0.2, 0) is 6.54 Å². The van der Waals surface area contributed by atoms with E-state index in [9.17, 15) is 9.90 Å². The predicted octanol–water partition coefficient (Wildman–Crippen LogP) is 5.40. The molecule has 1 fully saturated rings. The van der Waals surface area contributed by atoms with Gasteiger partial charge in [0.15, 0.2) is 0 Å². The highest BCUT2D eigenvalue weighted by atomic mass is 16.4.